The number of hydrogen-bond donors (Lipinski definition) is 1. The Kier molecular flexibility index (Phi) is 6.09. The Morgan fingerprint density at radius 1 is 1.50 bits per heavy atom. The van der Waals surface area contributed by atoms with E-state index in [4.69, 9.17) is 16.3 Å². The number of halogens is 1. The highest BCUT2D eigenvalue weighted by Gasteiger charge is 2.10. The van der Waals surface area contributed by atoms with Crippen molar-refractivity contribution in [3.8, 4) is 0 Å². The molecule has 1 aromatic heterocycles. The molecule has 18 heavy (non-hydrogen) atoms. The van der Waals surface area contributed by atoms with E-state index >= 15 is 0 Å². The van der Waals surface area contributed by atoms with E-state index < -0.39 is 0 Å². The fraction of sp³-hybridized carbons (Fsp3) is 0.538. The summed E-state index contributed by atoms with van der Waals surface area (Å²) in [6, 6.07) is 3.33. The summed E-state index contributed by atoms with van der Waals surface area (Å²) >= 11 is 5.87. The van der Waals surface area contributed by atoms with Gasteiger partial charge in [-0.1, -0.05) is 18.5 Å². The van der Waals surface area contributed by atoms with Crippen molar-refractivity contribution in [1.29, 1.82) is 0 Å². The summed E-state index contributed by atoms with van der Waals surface area (Å²) in [5.41, 5.74) is 1.35. The second-order valence-corrected chi connectivity index (χ2v) is 4.39. The standard InChI is InChI=1S/C13H19ClN2O2/c1-4-11-6-10(7-12(14)16-11)13(17)15-8-9(3)18-5-2/h6-7,9H,4-5,8H2,1-3H3,(H,15,17). The maximum Gasteiger partial charge on any atom is 0.251 e. The second-order valence-electron chi connectivity index (χ2n) is 4.00. The summed E-state index contributed by atoms with van der Waals surface area (Å²) in [5, 5.41) is 3.16. The van der Waals surface area contributed by atoms with Gasteiger partial charge in [-0.2, -0.15) is 0 Å². The molecule has 1 N–H and O–H groups in total. The van der Waals surface area contributed by atoms with E-state index in [0.717, 1.165) is 12.1 Å². The summed E-state index contributed by atoms with van der Waals surface area (Å²) in [6.45, 7) is 6.93. The normalized spacial score (nSPS) is 12.2. The first-order valence-electron chi connectivity index (χ1n) is 6.13. The third-order valence-electron chi connectivity index (χ3n) is 2.47. The Morgan fingerprint density at radius 3 is 2.83 bits per heavy atom. The zero-order valence-electron chi connectivity index (χ0n) is 11.0. The Morgan fingerprint density at radius 2 is 2.22 bits per heavy atom. The van der Waals surface area contributed by atoms with Crippen LogP contribution in [0.4, 0.5) is 0 Å². The summed E-state index contributed by atoms with van der Waals surface area (Å²) in [6.07, 6.45) is 0.748. The van der Waals surface area contributed by atoms with Crippen molar-refractivity contribution in [2.24, 2.45) is 0 Å². The predicted octanol–water partition coefficient (Wildman–Crippen LogP) is 2.45. The van der Waals surface area contributed by atoms with Crippen molar-refractivity contribution < 1.29 is 9.53 Å². The van der Waals surface area contributed by atoms with Crippen molar-refractivity contribution >= 4 is 17.5 Å². The molecule has 1 aromatic rings. The van der Waals surface area contributed by atoms with Crippen LogP contribution in [-0.4, -0.2) is 30.1 Å². The van der Waals surface area contributed by atoms with Crippen molar-refractivity contribution in [2.45, 2.75) is 33.3 Å². The lowest BCUT2D eigenvalue weighted by Gasteiger charge is -2.12. The molecule has 0 bridgehead atoms. The van der Waals surface area contributed by atoms with Crippen molar-refractivity contribution in [1.82, 2.24) is 10.3 Å². The number of rotatable bonds is 6. The molecule has 100 valence electrons. The predicted molar refractivity (Wildman–Crippen MR) is 72.0 cm³/mol. The van der Waals surface area contributed by atoms with Gasteiger partial charge in [-0.25, -0.2) is 4.98 Å². The lowest BCUT2D eigenvalue weighted by atomic mass is 10.2. The van der Waals surface area contributed by atoms with Crippen LogP contribution in [-0.2, 0) is 11.2 Å². The van der Waals surface area contributed by atoms with Gasteiger partial charge in [0.05, 0.1) is 6.10 Å². The summed E-state index contributed by atoms with van der Waals surface area (Å²) in [5.74, 6) is -0.152. The zero-order chi connectivity index (χ0) is 13.5. The molecule has 0 aliphatic carbocycles. The third kappa shape index (κ3) is 4.63. The minimum absolute atomic E-state index is 0.00176. The van der Waals surface area contributed by atoms with Crippen LogP contribution in [0.3, 0.4) is 0 Å². The van der Waals surface area contributed by atoms with Crippen LogP contribution in [0.15, 0.2) is 12.1 Å². The number of amides is 1. The molecule has 0 saturated heterocycles. The Labute approximate surface area is 113 Å². The van der Waals surface area contributed by atoms with Gasteiger partial charge in [-0.15, -0.1) is 0 Å². The largest absolute Gasteiger partial charge is 0.377 e. The van der Waals surface area contributed by atoms with Crippen LogP contribution in [0.2, 0.25) is 5.15 Å². The van der Waals surface area contributed by atoms with E-state index in [9.17, 15) is 4.79 Å². The Bertz CT molecular complexity index is 410. The van der Waals surface area contributed by atoms with E-state index in [1.165, 1.54) is 0 Å². The number of carbonyl (C=O) groups is 1. The molecule has 1 atom stereocenters. The van der Waals surface area contributed by atoms with Gasteiger partial charge in [0.15, 0.2) is 0 Å². The molecule has 1 rings (SSSR count). The Hall–Kier alpha value is -1.13. The molecule has 0 aliphatic rings. The highest BCUT2D eigenvalue weighted by Crippen LogP contribution is 2.11. The fourth-order valence-electron chi connectivity index (χ4n) is 1.55. The van der Waals surface area contributed by atoms with Crippen LogP contribution < -0.4 is 5.32 Å². The van der Waals surface area contributed by atoms with Gasteiger partial charge in [-0.05, 0) is 32.4 Å². The monoisotopic (exact) mass is 270 g/mol. The van der Waals surface area contributed by atoms with Crippen LogP contribution >= 0.6 is 11.6 Å². The number of aromatic nitrogens is 1. The lowest BCUT2D eigenvalue weighted by molar-refractivity contribution is 0.0695. The zero-order valence-corrected chi connectivity index (χ0v) is 11.8. The number of ether oxygens (including phenoxy) is 1. The van der Waals surface area contributed by atoms with Crippen molar-refractivity contribution in [3.63, 3.8) is 0 Å². The number of nitrogens with zero attached hydrogens (tertiary/aromatic N) is 1. The van der Waals surface area contributed by atoms with Gasteiger partial charge in [0.25, 0.3) is 5.91 Å². The van der Waals surface area contributed by atoms with Gasteiger partial charge in [0.1, 0.15) is 5.15 Å². The van der Waals surface area contributed by atoms with Gasteiger partial charge < -0.3 is 10.1 Å². The SMILES string of the molecule is CCOC(C)CNC(=O)c1cc(Cl)nc(CC)c1. The van der Waals surface area contributed by atoms with Crippen LogP contribution in [0.25, 0.3) is 0 Å². The summed E-state index contributed by atoms with van der Waals surface area (Å²) in [7, 11) is 0. The molecule has 0 saturated carbocycles. The quantitative estimate of drug-likeness (QED) is 0.808. The minimum atomic E-state index is -0.152. The average molecular weight is 271 g/mol. The maximum atomic E-state index is 11.9. The molecule has 1 heterocycles. The van der Waals surface area contributed by atoms with E-state index in [1.807, 2.05) is 20.8 Å². The molecule has 0 fully saturated rings. The average Bonchev–Trinajstić information content (AvgIpc) is 2.35. The smallest absolute Gasteiger partial charge is 0.251 e. The van der Waals surface area contributed by atoms with E-state index in [1.54, 1.807) is 12.1 Å². The highest BCUT2D eigenvalue weighted by molar-refractivity contribution is 6.29. The molecule has 0 aliphatic heterocycles. The maximum absolute atomic E-state index is 11.9. The van der Waals surface area contributed by atoms with Gasteiger partial charge in [0.2, 0.25) is 0 Å². The van der Waals surface area contributed by atoms with Gasteiger partial charge in [0, 0.05) is 24.4 Å². The molecular weight excluding hydrogens is 252 g/mol. The minimum Gasteiger partial charge on any atom is -0.377 e. The van der Waals surface area contributed by atoms with E-state index in [-0.39, 0.29) is 12.0 Å². The molecular formula is C13H19ClN2O2. The van der Waals surface area contributed by atoms with E-state index in [0.29, 0.717) is 23.9 Å². The van der Waals surface area contributed by atoms with Crippen LogP contribution in [0.5, 0.6) is 0 Å². The summed E-state index contributed by atoms with van der Waals surface area (Å²) in [4.78, 5) is 16.0. The third-order valence-corrected chi connectivity index (χ3v) is 2.67. The molecule has 5 heteroatoms. The highest BCUT2D eigenvalue weighted by atomic mass is 35.5. The van der Waals surface area contributed by atoms with Crippen molar-refractivity contribution in [3.05, 3.63) is 28.5 Å². The first-order valence-corrected chi connectivity index (χ1v) is 6.50. The molecule has 1 amide bonds. The molecule has 4 nitrogen and oxygen atoms in total. The first-order chi connectivity index (χ1) is 8.56. The van der Waals surface area contributed by atoms with Crippen LogP contribution in [0.1, 0.15) is 36.8 Å². The number of carbonyl (C=O) groups excluding carboxylic acids is 1. The molecule has 0 spiro atoms. The number of nitrogens with one attached hydrogen (secondary N) is 1. The van der Waals surface area contributed by atoms with Gasteiger partial charge >= 0.3 is 0 Å². The topological polar surface area (TPSA) is 51.2 Å². The Balaban J connectivity index is 2.63. The summed E-state index contributed by atoms with van der Waals surface area (Å²) < 4.78 is 5.34. The van der Waals surface area contributed by atoms with E-state index in [2.05, 4.69) is 10.3 Å². The molecule has 1 unspecified atom stereocenters. The lowest BCUT2D eigenvalue weighted by Crippen LogP contribution is -2.32. The number of hydrogen-bond acceptors (Lipinski definition) is 3. The number of aryl methyl sites for hydroxylation is 1. The van der Waals surface area contributed by atoms with Crippen LogP contribution in [0, 0.1) is 0 Å². The fourth-order valence-corrected chi connectivity index (χ4v) is 1.77. The number of pyridine rings is 1. The first kappa shape index (κ1) is 14.9. The van der Waals surface area contributed by atoms with Crippen molar-refractivity contribution in [2.75, 3.05) is 13.2 Å². The molecule has 0 radical (unpaired) electrons. The van der Waals surface area contributed by atoms with Gasteiger partial charge in [-0.3, -0.25) is 4.79 Å². The molecule has 0 aromatic carbocycles. The second kappa shape index (κ2) is 7.34.